The normalized spacial score (nSPS) is 17.3. The lowest BCUT2D eigenvalue weighted by Gasteiger charge is -2.07. The van der Waals surface area contributed by atoms with Crippen LogP contribution in [0.4, 0.5) is 5.69 Å². The van der Waals surface area contributed by atoms with Crippen LogP contribution < -0.4 is 4.74 Å². The fraction of sp³-hybridized carbons (Fsp3) is 0.200. The van der Waals surface area contributed by atoms with Crippen LogP contribution in [-0.4, -0.2) is 35.2 Å². The molecule has 0 aromatic heterocycles. The van der Waals surface area contributed by atoms with E-state index in [-0.39, 0.29) is 11.7 Å². The van der Waals surface area contributed by atoms with E-state index < -0.39 is 0 Å². The van der Waals surface area contributed by atoms with E-state index in [1.54, 1.807) is 36.2 Å². The molecule has 0 spiro atoms. The van der Waals surface area contributed by atoms with Gasteiger partial charge in [-0.25, -0.2) is 4.99 Å². The summed E-state index contributed by atoms with van der Waals surface area (Å²) in [4.78, 5) is 19.2. The SMILES string of the molecule is CCc1ccc(N=C2S/C(=C/c3ccc(O)c(OC)c3)C(=O)N2C)cc1. The van der Waals surface area contributed by atoms with Crippen molar-refractivity contribution in [2.45, 2.75) is 13.3 Å². The second-order valence-corrected chi connectivity index (χ2v) is 6.83. The summed E-state index contributed by atoms with van der Waals surface area (Å²) < 4.78 is 5.11. The minimum absolute atomic E-state index is 0.0648. The zero-order valence-corrected chi connectivity index (χ0v) is 15.7. The van der Waals surface area contributed by atoms with Crippen molar-refractivity contribution in [3.05, 3.63) is 58.5 Å². The molecule has 3 rings (SSSR count). The van der Waals surface area contributed by atoms with Gasteiger partial charge in [-0.15, -0.1) is 0 Å². The second-order valence-electron chi connectivity index (χ2n) is 5.82. The molecular formula is C20H20N2O3S. The number of carbonyl (C=O) groups is 1. The highest BCUT2D eigenvalue weighted by atomic mass is 32.2. The Hall–Kier alpha value is -2.73. The molecule has 5 nitrogen and oxygen atoms in total. The summed E-state index contributed by atoms with van der Waals surface area (Å²) in [6, 6.07) is 13.0. The molecule has 1 fully saturated rings. The van der Waals surface area contributed by atoms with Gasteiger partial charge in [0.1, 0.15) is 0 Å². The fourth-order valence-corrected chi connectivity index (χ4v) is 3.49. The highest BCUT2D eigenvalue weighted by molar-refractivity contribution is 8.18. The van der Waals surface area contributed by atoms with Crippen molar-refractivity contribution in [3.8, 4) is 11.5 Å². The van der Waals surface area contributed by atoms with Gasteiger partial charge in [0.15, 0.2) is 16.7 Å². The number of ether oxygens (including phenoxy) is 1. The average Bonchev–Trinajstić information content (AvgIpc) is 2.92. The molecule has 1 amide bonds. The van der Waals surface area contributed by atoms with Gasteiger partial charge in [-0.3, -0.25) is 9.69 Å². The number of aromatic hydroxyl groups is 1. The van der Waals surface area contributed by atoms with E-state index in [0.29, 0.717) is 15.8 Å². The Morgan fingerprint density at radius 2 is 1.96 bits per heavy atom. The topological polar surface area (TPSA) is 62.1 Å². The molecule has 134 valence electrons. The molecule has 2 aromatic rings. The van der Waals surface area contributed by atoms with Crippen LogP contribution in [-0.2, 0) is 11.2 Å². The summed E-state index contributed by atoms with van der Waals surface area (Å²) >= 11 is 1.33. The van der Waals surface area contributed by atoms with Crippen molar-refractivity contribution < 1.29 is 14.6 Å². The number of carbonyl (C=O) groups excluding carboxylic acids is 1. The van der Waals surface area contributed by atoms with E-state index in [9.17, 15) is 9.90 Å². The molecule has 26 heavy (non-hydrogen) atoms. The van der Waals surface area contributed by atoms with E-state index >= 15 is 0 Å². The number of phenols is 1. The number of hydrogen-bond donors (Lipinski definition) is 1. The zero-order valence-electron chi connectivity index (χ0n) is 14.9. The maximum Gasteiger partial charge on any atom is 0.266 e. The lowest BCUT2D eigenvalue weighted by molar-refractivity contribution is -0.121. The van der Waals surface area contributed by atoms with Gasteiger partial charge in [0.25, 0.3) is 5.91 Å². The van der Waals surface area contributed by atoms with E-state index in [0.717, 1.165) is 17.7 Å². The quantitative estimate of drug-likeness (QED) is 0.822. The molecular weight excluding hydrogens is 348 g/mol. The molecule has 6 heteroatoms. The summed E-state index contributed by atoms with van der Waals surface area (Å²) in [6.45, 7) is 2.11. The zero-order chi connectivity index (χ0) is 18.7. The molecule has 1 aliphatic heterocycles. The standard InChI is InChI=1S/C20H20N2O3S/c1-4-13-5-8-15(9-6-13)21-20-22(2)19(24)18(26-20)12-14-7-10-16(23)17(11-14)25-3/h5-12,23H,4H2,1-3H3/b18-12+,21-20?. The molecule has 1 aliphatic rings. The van der Waals surface area contributed by atoms with E-state index in [2.05, 4.69) is 11.9 Å². The lowest BCUT2D eigenvalue weighted by Crippen LogP contribution is -2.23. The van der Waals surface area contributed by atoms with Crippen molar-refractivity contribution in [3.63, 3.8) is 0 Å². The first-order chi connectivity index (χ1) is 12.5. The van der Waals surface area contributed by atoms with Gasteiger partial charge in [-0.2, -0.15) is 0 Å². The predicted molar refractivity (Wildman–Crippen MR) is 106 cm³/mol. The summed E-state index contributed by atoms with van der Waals surface area (Å²) in [5, 5.41) is 10.3. The molecule has 1 saturated heterocycles. The van der Waals surface area contributed by atoms with Gasteiger partial charge in [0.05, 0.1) is 17.7 Å². The van der Waals surface area contributed by atoms with Gasteiger partial charge in [0, 0.05) is 7.05 Å². The first-order valence-corrected chi connectivity index (χ1v) is 9.05. The van der Waals surface area contributed by atoms with Crippen molar-refractivity contribution in [1.82, 2.24) is 4.90 Å². The van der Waals surface area contributed by atoms with Crippen LogP contribution in [0.15, 0.2) is 52.4 Å². The molecule has 0 atom stereocenters. The van der Waals surface area contributed by atoms with Crippen LogP contribution in [0.25, 0.3) is 6.08 Å². The molecule has 0 unspecified atom stereocenters. The van der Waals surface area contributed by atoms with Gasteiger partial charge in [-0.05, 0) is 59.7 Å². The number of thioether (sulfide) groups is 1. The Kier molecular flexibility index (Phi) is 5.32. The number of methoxy groups -OCH3 is 1. The average molecular weight is 368 g/mol. The number of amidine groups is 1. The van der Waals surface area contributed by atoms with Crippen molar-refractivity contribution >= 4 is 34.6 Å². The van der Waals surface area contributed by atoms with Gasteiger partial charge in [0.2, 0.25) is 0 Å². The van der Waals surface area contributed by atoms with Gasteiger partial charge in [-0.1, -0.05) is 25.1 Å². The highest BCUT2D eigenvalue weighted by Crippen LogP contribution is 2.34. The number of aryl methyl sites for hydroxylation is 1. The minimum atomic E-state index is -0.106. The Bertz CT molecular complexity index is 888. The number of rotatable bonds is 4. The Morgan fingerprint density at radius 3 is 2.62 bits per heavy atom. The maximum atomic E-state index is 12.5. The first kappa shape index (κ1) is 18.1. The Labute approximate surface area is 157 Å². The number of nitrogens with zero attached hydrogens (tertiary/aromatic N) is 2. The second kappa shape index (κ2) is 7.66. The molecule has 1 N–H and O–H groups in total. The smallest absolute Gasteiger partial charge is 0.266 e. The summed E-state index contributed by atoms with van der Waals surface area (Å²) in [7, 11) is 3.20. The number of benzene rings is 2. The molecule has 0 aliphatic carbocycles. The monoisotopic (exact) mass is 368 g/mol. The molecule has 0 saturated carbocycles. The number of likely N-dealkylation sites (N-methyl/N-ethyl adjacent to an activating group) is 1. The predicted octanol–water partition coefficient (Wildman–Crippen LogP) is 4.20. The maximum absolute atomic E-state index is 12.5. The van der Waals surface area contributed by atoms with Gasteiger partial charge >= 0.3 is 0 Å². The third kappa shape index (κ3) is 3.75. The number of hydrogen-bond acceptors (Lipinski definition) is 5. The number of phenolic OH excluding ortho intramolecular Hbond substituents is 1. The van der Waals surface area contributed by atoms with Gasteiger partial charge < -0.3 is 9.84 Å². The summed E-state index contributed by atoms with van der Waals surface area (Å²) in [5.74, 6) is 0.328. The fourth-order valence-electron chi connectivity index (χ4n) is 2.50. The Balaban J connectivity index is 1.87. The van der Waals surface area contributed by atoms with Crippen LogP contribution in [0.5, 0.6) is 11.5 Å². The van der Waals surface area contributed by atoms with Crippen LogP contribution in [0.3, 0.4) is 0 Å². The minimum Gasteiger partial charge on any atom is -0.504 e. The molecule has 0 bridgehead atoms. The van der Waals surface area contributed by atoms with Crippen molar-refractivity contribution in [1.29, 1.82) is 0 Å². The molecule has 2 aromatic carbocycles. The lowest BCUT2D eigenvalue weighted by atomic mass is 10.2. The van der Waals surface area contributed by atoms with Crippen LogP contribution >= 0.6 is 11.8 Å². The highest BCUT2D eigenvalue weighted by Gasteiger charge is 2.30. The Morgan fingerprint density at radius 1 is 1.23 bits per heavy atom. The largest absolute Gasteiger partial charge is 0.504 e. The number of aliphatic imine (C=N–C) groups is 1. The van der Waals surface area contributed by atoms with Crippen LogP contribution in [0.1, 0.15) is 18.1 Å². The van der Waals surface area contributed by atoms with Crippen LogP contribution in [0.2, 0.25) is 0 Å². The third-order valence-corrected chi connectivity index (χ3v) is 5.13. The summed E-state index contributed by atoms with van der Waals surface area (Å²) in [5.41, 5.74) is 2.84. The third-order valence-electron chi connectivity index (χ3n) is 4.07. The molecule has 0 radical (unpaired) electrons. The van der Waals surface area contributed by atoms with E-state index in [4.69, 9.17) is 4.74 Å². The molecule has 1 heterocycles. The first-order valence-electron chi connectivity index (χ1n) is 8.24. The van der Waals surface area contributed by atoms with E-state index in [1.165, 1.54) is 24.4 Å². The van der Waals surface area contributed by atoms with Crippen molar-refractivity contribution in [2.24, 2.45) is 4.99 Å². The van der Waals surface area contributed by atoms with Crippen molar-refractivity contribution in [2.75, 3.05) is 14.2 Å². The number of amides is 1. The van der Waals surface area contributed by atoms with E-state index in [1.807, 2.05) is 24.3 Å². The van der Waals surface area contributed by atoms with Crippen LogP contribution in [0, 0.1) is 0 Å². The summed E-state index contributed by atoms with van der Waals surface area (Å²) in [6.07, 6.45) is 2.75.